The first-order valence-corrected chi connectivity index (χ1v) is 5.42. The summed E-state index contributed by atoms with van der Waals surface area (Å²) < 4.78 is 10.1. The lowest BCUT2D eigenvalue weighted by atomic mass is 10.0. The number of para-hydroxylation sites is 1. The van der Waals surface area contributed by atoms with Gasteiger partial charge in [-0.25, -0.2) is 0 Å². The summed E-state index contributed by atoms with van der Waals surface area (Å²) in [5.41, 5.74) is 8.58. The van der Waals surface area contributed by atoms with E-state index in [1.807, 2.05) is 25.1 Å². The molecule has 1 heterocycles. The van der Waals surface area contributed by atoms with E-state index in [0.29, 0.717) is 6.42 Å². The van der Waals surface area contributed by atoms with E-state index in [1.54, 1.807) is 6.26 Å². The number of nitrogens with two attached hydrogens (primary N) is 1. The van der Waals surface area contributed by atoms with Crippen LogP contribution < -0.4 is 5.73 Å². The topological polar surface area (TPSA) is 65.5 Å². The largest absolute Gasteiger partial charge is 0.468 e. The highest BCUT2D eigenvalue weighted by atomic mass is 16.5. The normalized spacial score (nSPS) is 12.6. The van der Waals surface area contributed by atoms with Crippen molar-refractivity contribution >= 4 is 16.9 Å². The maximum Gasteiger partial charge on any atom is 0.322 e. The van der Waals surface area contributed by atoms with Crippen LogP contribution in [-0.2, 0) is 16.0 Å². The number of carbonyl (C=O) groups excluding carboxylic acids is 1. The number of furan rings is 1. The number of fused-ring (bicyclic) bond motifs is 1. The molecule has 2 N–H and O–H groups in total. The van der Waals surface area contributed by atoms with Gasteiger partial charge in [0.15, 0.2) is 0 Å². The molecule has 0 aliphatic heterocycles. The molecule has 0 fully saturated rings. The molecule has 0 bridgehead atoms. The van der Waals surface area contributed by atoms with Gasteiger partial charge < -0.3 is 14.9 Å². The summed E-state index contributed by atoms with van der Waals surface area (Å²) in [4.78, 5) is 11.3. The number of carbonyl (C=O) groups is 1. The highest BCUT2D eigenvalue weighted by molar-refractivity contribution is 5.85. The molecule has 2 aromatic rings. The first kappa shape index (κ1) is 11.7. The molecule has 0 radical (unpaired) electrons. The molecule has 0 aliphatic carbocycles. The molecular formula is C13H15NO3. The smallest absolute Gasteiger partial charge is 0.322 e. The van der Waals surface area contributed by atoms with Crippen LogP contribution in [0.2, 0.25) is 0 Å². The van der Waals surface area contributed by atoms with Gasteiger partial charge in [-0.3, -0.25) is 4.79 Å². The minimum Gasteiger partial charge on any atom is -0.468 e. The summed E-state index contributed by atoms with van der Waals surface area (Å²) >= 11 is 0. The van der Waals surface area contributed by atoms with E-state index < -0.39 is 12.0 Å². The van der Waals surface area contributed by atoms with Gasteiger partial charge >= 0.3 is 5.97 Å². The van der Waals surface area contributed by atoms with E-state index in [4.69, 9.17) is 10.2 Å². The number of benzene rings is 1. The SMILES string of the molecule is COC(=O)C(N)Cc1coc2c(C)cccc12. The number of aryl methyl sites for hydroxylation is 1. The Morgan fingerprint density at radius 2 is 2.29 bits per heavy atom. The molecule has 1 aromatic carbocycles. The van der Waals surface area contributed by atoms with Crippen molar-refractivity contribution < 1.29 is 13.9 Å². The summed E-state index contributed by atoms with van der Waals surface area (Å²) in [7, 11) is 1.33. The predicted molar refractivity (Wildman–Crippen MR) is 64.6 cm³/mol. The second kappa shape index (κ2) is 4.59. The van der Waals surface area contributed by atoms with E-state index in [-0.39, 0.29) is 0 Å². The van der Waals surface area contributed by atoms with Gasteiger partial charge in [0.2, 0.25) is 0 Å². The van der Waals surface area contributed by atoms with Gasteiger partial charge in [0.05, 0.1) is 13.4 Å². The first-order chi connectivity index (χ1) is 8.13. The highest BCUT2D eigenvalue weighted by Crippen LogP contribution is 2.24. The number of hydrogen-bond acceptors (Lipinski definition) is 4. The molecular weight excluding hydrogens is 218 g/mol. The van der Waals surface area contributed by atoms with Gasteiger partial charge in [-0.05, 0) is 12.5 Å². The van der Waals surface area contributed by atoms with Crippen molar-refractivity contribution in [2.24, 2.45) is 5.73 Å². The monoisotopic (exact) mass is 233 g/mol. The number of hydrogen-bond donors (Lipinski definition) is 1. The predicted octanol–water partition coefficient (Wildman–Crippen LogP) is 1.78. The van der Waals surface area contributed by atoms with Crippen LogP contribution in [0.5, 0.6) is 0 Å². The Bertz CT molecular complexity index is 545. The van der Waals surface area contributed by atoms with Crippen LogP contribution >= 0.6 is 0 Å². The zero-order valence-electron chi connectivity index (χ0n) is 9.90. The summed E-state index contributed by atoms with van der Waals surface area (Å²) in [6.07, 6.45) is 2.07. The number of esters is 1. The van der Waals surface area contributed by atoms with E-state index in [9.17, 15) is 4.79 Å². The Balaban J connectivity index is 2.31. The Hall–Kier alpha value is -1.81. The third-order valence-corrected chi connectivity index (χ3v) is 2.82. The minimum absolute atomic E-state index is 0.410. The first-order valence-electron chi connectivity index (χ1n) is 5.42. The van der Waals surface area contributed by atoms with Crippen molar-refractivity contribution in [3.63, 3.8) is 0 Å². The van der Waals surface area contributed by atoms with Crippen molar-refractivity contribution in [3.8, 4) is 0 Å². The minimum atomic E-state index is -0.652. The zero-order valence-corrected chi connectivity index (χ0v) is 9.90. The molecule has 0 aliphatic rings. The molecule has 90 valence electrons. The molecule has 4 nitrogen and oxygen atoms in total. The van der Waals surface area contributed by atoms with Gasteiger partial charge in [0.1, 0.15) is 11.6 Å². The summed E-state index contributed by atoms with van der Waals surface area (Å²) in [5, 5.41) is 1.00. The van der Waals surface area contributed by atoms with E-state index in [0.717, 1.165) is 22.1 Å². The average molecular weight is 233 g/mol. The van der Waals surface area contributed by atoms with Gasteiger partial charge in [0, 0.05) is 17.4 Å². The van der Waals surface area contributed by atoms with Crippen LogP contribution in [0.4, 0.5) is 0 Å². The van der Waals surface area contributed by atoms with Crippen molar-refractivity contribution in [1.29, 1.82) is 0 Å². The molecule has 1 unspecified atom stereocenters. The Labute approximate surface area is 99.3 Å². The molecule has 0 saturated carbocycles. The standard InChI is InChI=1S/C13H15NO3/c1-8-4-3-5-10-9(7-17-12(8)10)6-11(14)13(15)16-2/h3-5,7,11H,6,14H2,1-2H3. The zero-order chi connectivity index (χ0) is 12.4. The van der Waals surface area contributed by atoms with Crippen LogP contribution in [0.25, 0.3) is 11.0 Å². The molecule has 4 heteroatoms. The van der Waals surface area contributed by atoms with Crippen molar-refractivity contribution in [1.82, 2.24) is 0 Å². The summed E-state index contributed by atoms with van der Waals surface area (Å²) in [5.74, 6) is -0.410. The lowest BCUT2D eigenvalue weighted by molar-refractivity contribution is -0.142. The van der Waals surface area contributed by atoms with Crippen LogP contribution in [0.1, 0.15) is 11.1 Å². The molecule has 2 rings (SSSR count). The lowest BCUT2D eigenvalue weighted by Crippen LogP contribution is -2.33. The van der Waals surface area contributed by atoms with Crippen LogP contribution in [0, 0.1) is 6.92 Å². The molecule has 0 amide bonds. The maximum absolute atomic E-state index is 11.3. The van der Waals surface area contributed by atoms with Crippen molar-refractivity contribution in [2.75, 3.05) is 7.11 Å². The van der Waals surface area contributed by atoms with Gasteiger partial charge in [-0.15, -0.1) is 0 Å². The summed E-state index contributed by atoms with van der Waals surface area (Å²) in [6.45, 7) is 1.98. The molecule has 1 aromatic heterocycles. The van der Waals surface area contributed by atoms with E-state index in [2.05, 4.69) is 4.74 Å². The van der Waals surface area contributed by atoms with Crippen LogP contribution in [0.15, 0.2) is 28.9 Å². The van der Waals surface area contributed by atoms with Crippen molar-refractivity contribution in [2.45, 2.75) is 19.4 Å². The Morgan fingerprint density at radius 1 is 1.53 bits per heavy atom. The molecule has 0 saturated heterocycles. The Morgan fingerprint density at radius 3 is 3.00 bits per heavy atom. The second-order valence-corrected chi connectivity index (χ2v) is 4.05. The highest BCUT2D eigenvalue weighted by Gasteiger charge is 2.17. The van der Waals surface area contributed by atoms with Gasteiger partial charge in [-0.2, -0.15) is 0 Å². The Kier molecular flexibility index (Phi) is 3.15. The summed E-state index contributed by atoms with van der Waals surface area (Å²) in [6, 6.07) is 5.25. The van der Waals surface area contributed by atoms with Gasteiger partial charge in [-0.1, -0.05) is 18.2 Å². The van der Waals surface area contributed by atoms with Gasteiger partial charge in [0.25, 0.3) is 0 Å². The van der Waals surface area contributed by atoms with Crippen LogP contribution in [-0.4, -0.2) is 19.1 Å². The molecule has 17 heavy (non-hydrogen) atoms. The third-order valence-electron chi connectivity index (χ3n) is 2.82. The number of methoxy groups -OCH3 is 1. The lowest BCUT2D eigenvalue weighted by Gasteiger charge is -2.07. The number of ether oxygens (including phenoxy) is 1. The molecule has 1 atom stereocenters. The fourth-order valence-electron chi connectivity index (χ4n) is 1.89. The van der Waals surface area contributed by atoms with E-state index in [1.165, 1.54) is 7.11 Å². The third kappa shape index (κ3) is 2.17. The average Bonchev–Trinajstić information content (AvgIpc) is 2.73. The fourth-order valence-corrected chi connectivity index (χ4v) is 1.89. The second-order valence-electron chi connectivity index (χ2n) is 4.05. The quantitative estimate of drug-likeness (QED) is 0.821. The molecule has 0 spiro atoms. The maximum atomic E-state index is 11.3. The van der Waals surface area contributed by atoms with E-state index >= 15 is 0 Å². The fraction of sp³-hybridized carbons (Fsp3) is 0.308. The van der Waals surface area contributed by atoms with Crippen LogP contribution in [0.3, 0.4) is 0 Å². The number of rotatable bonds is 3. The van der Waals surface area contributed by atoms with Crippen molar-refractivity contribution in [3.05, 3.63) is 35.6 Å².